The van der Waals surface area contributed by atoms with Crippen molar-refractivity contribution in [2.75, 3.05) is 23.3 Å². The van der Waals surface area contributed by atoms with Crippen molar-refractivity contribution in [1.29, 1.82) is 0 Å². The van der Waals surface area contributed by atoms with Gasteiger partial charge in [0.25, 0.3) is 0 Å². The zero-order chi connectivity index (χ0) is 13.9. The first-order valence-corrected chi connectivity index (χ1v) is 7.34. The van der Waals surface area contributed by atoms with Gasteiger partial charge in [0, 0.05) is 23.2 Å². The Labute approximate surface area is 114 Å². The van der Waals surface area contributed by atoms with Crippen molar-refractivity contribution in [1.82, 2.24) is 0 Å². The number of thioether (sulfide) groups is 1. The number of anilines is 2. The predicted octanol–water partition coefficient (Wildman–Crippen LogP) is 3.99. The number of nitrogens with two attached hydrogens (primary N) is 1. The van der Waals surface area contributed by atoms with Crippen LogP contribution in [0, 0.1) is 0 Å². The number of hydrogen-bond donors (Lipinski definition) is 2. The molecule has 6 heteroatoms. The van der Waals surface area contributed by atoms with Gasteiger partial charge in [-0.15, -0.1) is 0 Å². The summed E-state index contributed by atoms with van der Waals surface area (Å²) in [7, 11) is 0. The minimum Gasteiger partial charge on any atom is -0.398 e. The van der Waals surface area contributed by atoms with Crippen molar-refractivity contribution < 1.29 is 13.2 Å². The monoisotopic (exact) mass is 290 g/mol. The Bertz CT molecular complexity index is 428. The second-order valence-corrected chi connectivity index (χ2v) is 6.08. The van der Waals surface area contributed by atoms with Gasteiger partial charge in [0.2, 0.25) is 0 Å². The summed E-state index contributed by atoms with van der Waals surface area (Å²) in [5, 5.41) is 3.56. The van der Waals surface area contributed by atoms with Gasteiger partial charge in [0.05, 0.1) is 5.56 Å². The Morgan fingerprint density at radius 3 is 2.74 bits per heavy atom. The van der Waals surface area contributed by atoms with Crippen LogP contribution in [0.4, 0.5) is 24.5 Å². The molecular formula is C13H17F3N2S. The van der Waals surface area contributed by atoms with Crippen molar-refractivity contribution in [3.8, 4) is 0 Å². The smallest absolute Gasteiger partial charge is 0.398 e. The molecule has 0 bridgehead atoms. The number of hydrogen-bond acceptors (Lipinski definition) is 3. The molecule has 1 aromatic rings. The Morgan fingerprint density at radius 2 is 2.11 bits per heavy atom. The molecule has 1 aromatic carbocycles. The third-order valence-electron chi connectivity index (χ3n) is 3.17. The van der Waals surface area contributed by atoms with E-state index in [4.69, 9.17) is 5.73 Å². The lowest BCUT2D eigenvalue weighted by Crippen LogP contribution is -2.20. The van der Waals surface area contributed by atoms with E-state index in [1.165, 1.54) is 18.9 Å². The summed E-state index contributed by atoms with van der Waals surface area (Å²) >= 11 is 1.89. The lowest BCUT2D eigenvalue weighted by atomic mass is 10.1. The van der Waals surface area contributed by atoms with E-state index in [0.29, 0.717) is 17.5 Å². The normalized spacial score (nSPS) is 20.3. The number of nitrogens with one attached hydrogen (secondary N) is 1. The molecule has 0 aliphatic carbocycles. The van der Waals surface area contributed by atoms with Crippen molar-refractivity contribution in [2.45, 2.75) is 30.7 Å². The highest BCUT2D eigenvalue weighted by Crippen LogP contribution is 2.35. The lowest BCUT2D eigenvalue weighted by Gasteiger charge is -2.22. The fraction of sp³-hybridized carbons (Fsp3) is 0.538. The van der Waals surface area contributed by atoms with Crippen LogP contribution in [0.5, 0.6) is 0 Å². The van der Waals surface area contributed by atoms with E-state index in [1.807, 2.05) is 11.8 Å². The van der Waals surface area contributed by atoms with E-state index in [-0.39, 0.29) is 5.69 Å². The maximum absolute atomic E-state index is 12.7. The van der Waals surface area contributed by atoms with Gasteiger partial charge in [-0.1, -0.05) is 6.42 Å². The summed E-state index contributed by atoms with van der Waals surface area (Å²) in [6.07, 6.45) is -0.837. The summed E-state index contributed by atoms with van der Waals surface area (Å²) in [4.78, 5) is 0. The van der Waals surface area contributed by atoms with Gasteiger partial charge in [-0.3, -0.25) is 0 Å². The SMILES string of the molecule is Nc1ccc(NCC2CCCCS2)cc1C(F)(F)F. The van der Waals surface area contributed by atoms with Crippen LogP contribution in [0.15, 0.2) is 18.2 Å². The van der Waals surface area contributed by atoms with Crippen LogP contribution >= 0.6 is 11.8 Å². The van der Waals surface area contributed by atoms with Crippen LogP contribution in [0.25, 0.3) is 0 Å². The third kappa shape index (κ3) is 3.96. The van der Waals surface area contributed by atoms with Crippen LogP contribution in [0.1, 0.15) is 24.8 Å². The van der Waals surface area contributed by atoms with Gasteiger partial charge >= 0.3 is 6.18 Å². The van der Waals surface area contributed by atoms with Crippen molar-refractivity contribution >= 4 is 23.1 Å². The molecule has 1 aliphatic heterocycles. The Hall–Kier alpha value is -1.04. The highest BCUT2D eigenvalue weighted by Gasteiger charge is 2.33. The molecular weight excluding hydrogens is 273 g/mol. The molecule has 1 aliphatic rings. The first kappa shape index (κ1) is 14.4. The number of alkyl halides is 3. The van der Waals surface area contributed by atoms with E-state index in [2.05, 4.69) is 5.32 Å². The average molecular weight is 290 g/mol. The second-order valence-electron chi connectivity index (χ2n) is 4.67. The molecule has 1 heterocycles. The molecule has 1 saturated heterocycles. The van der Waals surface area contributed by atoms with Gasteiger partial charge in [-0.05, 0) is 36.8 Å². The first-order chi connectivity index (χ1) is 8.97. The summed E-state index contributed by atoms with van der Waals surface area (Å²) in [6, 6.07) is 3.99. The second kappa shape index (κ2) is 5.94. The predicted molar refractivity (Wildman–Crippen MR) is 74.4 cm³/mol. The number of halogens is 3. The quantitative estimate of drug-likeness (QED) is 0.827. The summed E-state index contributed by atoms with van der Waals surface area (Å²) in [6.45, 7) is 0.700. The average Bonchev–Trinajstić information content (AvgIpc) is 2.37. The fourth-order valence-electron chi connectivity index (χ4n) is 2.11. The molecule has 0 amide bonds. The van der Waals surface area contributed by atoms with E-state index < -0.39 is 11.7 Å². The molecule has 0 saturated carbocycles. The number of nitrogen functional groups attached to an aromatic ring is 1. The molecule has 0 radical (unpaired) electrons. The van der Waals surface area contributed by atoms with Crippen LogP contribution < -0.4 is 11.1 Å². The van der Waals surface area contributed by atoms with Crippen molar-refractivity contribution in [3.05, 3.63) is 23.8 Å². The van der Waals surface area contributed by atoms with Crippen LogP contribution in [-0.2, 0) is 6.18 Å². The Balaban J connectivity index is 2.00. The maximum Gasteiger partial charge on any atom is 0.418 e. The lowest BCUT2D eigenvalue weighted by molar-refractivity contribution is -0.136. The molecule has 106 valence electrons. The molecule has 1 unspecified atom stereocenters. The van der Waals surface area contributed by atoms with Crippen molar-refractivity contribution in [3.63, 3.8) is 0 Å². The molecule has 2 rings (SSSR count). The first-order valence-electron chi connectivity index (χ1n) is 6.29. The third-order valence-corrected chi connectivity index (χ3v) is 4.56. The fourth-order valence-corrected chi connectivity index (χ4v) is 3.35. The Morgan fingerprint density at radius 1 is 1.32 bits per heavy atom. The zero-order valence-corrected chi connectivity index (χ0v) is 11.3. The Kier molecular flexibility index (Phi) is 4.50. The van der Waals surface area contributed by atoms with Gasteiger partial charge < -0.3 is 11.1 Å². The molecule has 3 N–H and O–H groups in total. The zero-order valence-electron chi connectivity index (χ0n) is 10.5. The van der Waals surface area contributed by atoms with Crippen LogP contribution in [-0.4, -0.2) is 17.5 Å². The molecule has 0 spiro atoms. The molecule has 2 nitrogen and oxygen atoms in total. The van der Waals surface area contributed by atoms with Crippen molar-refractivity contribution in [2.24, 2.45) is 0 Å². The van der Waals surface area contributed by atoms with Crippen LogP contribution in [0.2, 0.25) is 0 Å². The van der Waals surface area contributed by atoms with E-state index >= 15 is 0 Å². The minimum absolute atomic E-state index is 0.231. The van der Waals surface area contributed by atoms with E-state index in [1.54, 1.807) is 6.07 Å². The molecule has 1 fully saturated rings. The highest BCUT2D eigenvalue weighted by molar-refractivity contribution is 7.99. The summed E-state index contributed by atoms with van der Waals surface area (Å²) < 4.78 is 38.1. The van der Waals surface area contributed by atoms with E-state index in [0.717, 1.165) is 18.2 Å². The van der Waals surface area contributed by atoms with Crippen LogP contribution in [0.3, 0.4) is 0 Å². The topological polar surface area (TPSA) is 38.0 Å². The van der Waals surface area contributed by atoms with Gasteiger partial charge in [0.15, 0.2) is 0 Å². The van der Waals surface area contributed by atoms with Gasteiger partial charge in [-0.2, -0.15) is 24.9 Å². The van der Waals surface area contributed by atoms with Gasteiger partial charge in [-0.25, -0.2) is 0 Å². The standard InChI is InChI=1S/C13H17F3N2S/c14-13(15,16)11-7-9(4-5-12(11)17)18-8-10-3-1-2-6-19-10/h4-5,7,10,18H,1-3,6,8,17H2. The maximum atomic E-state index is 12.7. The molecule has 0 aromatic heterocycles. The molecule has 1 atom stereocenters. The number of rotatable bonds is 3. The summed E-state index contributed by atoms with van der Waals surface area (Å²) in [5.74, 6) is 1.14. The summed E-state index contributed by atoms with van der Waals surface area (Å²) in [5.41, 5.74) is 4.84. The minimum atomic E-state index is -4.40. The highest BCUT2D eigenvalue weighted by atomic mass is 32.2. The number of benzene rings is 1. The van der Waals surface area contributed by atoms with Gasteiger partial charge in [0.1, 0.15) is 0 Å². The molecule has 19 heavy (non-hydrogen) atoms. The largest absolute Gasteiger partial charge is 0.418 e. The van der Waals surface area contributed by atoms with E-state index in [9.17, 15) is 13.2 Å².